The summed E-state index contributed by atoms with van der Waals surface area (Å²) in [7, 11) is 0. The lowest BCUT2D eigenvalue weighted by Gasteiger charge is -2.20. The molecule has 0 saturated heterocycles. The van der Waals surface area contributed by atoms with Crippen LogP contribution in [0.2, 0.25) is 0 Å². The summed E-state index contributed by atoms with van der Waals surface area (Å²) in [6.45, 7) is 3.84. The number of rotatable bonds is 6. The maximum Gasteiger partial charge on any atom is 0.161 e. The van der Waals surface area contributed by atoms with Crippen molar-refractivity contribution >= 4 is 45.1 Å². The van der Waals surface area contributed by atoms with Crippen molar-refractivity contribution in [2.45, 2.75) is 33.4 Å². The molecule has 6 rings (SSSR count). The van der Waals surface area contributed by atoms with Crippen LogP contribution in [0.15, 0.2) is 123 Å². The molecule has 0 amide bonds. The van der Waals surface area contributed by atoms with E-state index in [4.69, 9.17) is 4.74 Å². The van der Waals surface area contributed by atoms with Crippen LogP contribution in [0.1, 0.15) is 22.3 Å². The monoisotopic (exact) mass is 582 g/mol. The van der Waals surface area contributed by atoms with Crippen molar-refractivity contribution in [3.8, 4) is 23.6 Å². The van der Waals surface area contributed by atoms with Crippen molar-refractivity contribution in [3.05, 3.63) is 131 Å². The van der Waals surface area contributed by atoms with E-state index in [-0.39, 0.29) is 21.8 Å². The second-order valence-corrected chi connectivity index (χ2v) is 12.0. The van der Waals surface area contributed by atoms with Gasteiger partial charge in [-0.1, -0.05) is 102 Å². The molecule has 0 fully saturated rings. The molecular weight excluding hydrogens is 560 g/mol. The van der Waals surface area contributed by atoms with Gasteiger partial charge in [0.05, 0.1) is 9.79 Å². The number of hydrogen-bond donors (Lipinski definition) is 0. The third-order valence-corrected chi connectivity index (χ3v) is 9.32. The fraction of sp³-hybridized carbons (Fsp3) is 0.0556. The van der Waals surface area contributed by atoms with E-state index in [1.165, 1.54) is 23.5 Å². The van der Waals surface area contributed by atoms with Gasteiger partial charge in [0.25, 0.3) is 0 Å². The molecule has 0 aliphatic carbocycles. The minimum Gasteiger partial charge on any atom is -0.454 e. The molecule has 0 bridgehead atoms. The molecule has 0 saturated carbocycles. The molecule has 6 aromatic rings. The molecule has 0 spiro atoms. The van der Waals surface area contributed by atoms with Crippen LogP contribution < -0.4 is 4.74 Å². The second-order valence-electron chi connectivity index (χ2n) is 9.82. The zero-order valence-corrected chi connectivity index (χ0v) is 24.4. The molecule has 3 nitrogen and oxygen atoms in total. The van der Waals surface area contributed by atoms with Crippen LogP contribution in [-0.2, 0) is 0 Å². The van der Waals surface area contributed by atoms with Gasteiger partial charge < -0.3 is 4.74 Å². The molecule has 6 heteroatoms. The predicted molar refractivity (Wildman–Crippen MR) is 168 cm³/mol. The van der Waals surface area contributed by atoms with E-state index in [2.05, 4.69) is 6.07 Å². The number of fused-ring (bicyclic) bond motifs is 2. The van der Waals surface area contributed by atoms with Crippen molar-refractivity contribution in [1.29, 1.82) is 10.5 Å². The van der Waals surface area contributed by atoms with E-state index in [9.17, 15) is 10.5 Å². The zero-order chi connectivity index (χ0) is 29.2. The molecule has 6 aromatic carbocycles. The standard InChI is InChI=1S/C36H23FN2OS2/c1-22-8-7-9-23(2)33(22)40-34-31(21-39)30(20-38)32(37)35(41-28-16-14-24-10-3-5-12-26(24)18-28)36(34)42-29-17-15-25-11-4-6-13-27(25)19-29/h3-19H,1-2H3. The van der Waals surface area contributed by atoms with Gasteiger partial charge in [0, 0.05) is 9.79 Å². The smallest absolute Gasteiger partial charge is 0.161 e. The lowest BCUT2D eigenvalue weighted by atomic mass is 10.1. The number of para-hydroxylation sites is 1. The average molecular weight is 583 g/mol. The van der Waals surface area contributed by atoms with Gasteiger partial charge in [-0.15, -0.1) is 0 Å². The van der Waals surface area contributed by atoms with Crippen LogP contribution in [0.25, 0.3) is 21.5 Å². The molecule has 0 aliphatic heterocycles. The highest BCUT2D eigenvalue weighted by molar-refractivity contribution is 8.02. The Morgan fingerprint density at radius 3 is 1.60 bits per heavy atom. The Bertz CT molecular complexity index is 2070. The lowest BCUT2D eigenvalue weighted by Crippen LogP contribution is -2.03. The maximum atomic E-state index is 16.4. The molecule has 202 valence electrons. The maximum absolute atomic E-state index is 16.4. The molecule has 0 unspecified atom stereocenters. The van der Waals surface area contributed by atoms with Gasteiger partial charge in [0.15, 0.2) is 11.6 Å². The average Bonchev–Trinajstić information content (AvgIpc) is 3.01. The lowest BCUT2D eigenvalue weighted by molar-refractivity contribution is 0.453. The summed E-state index contributed by atoms with van der Waals surface area (Å²) in [5.74, 6) is 0.0187. The van der Waals surface area contributed by atoms with Crippen molar-refractivity contribution < 1.29 is 9.13 Å². The van der Waals surface area contributed by atoms with Gasteiger partial charge >= 0.3 is 0 Å². The Hall–Kier alpha value is -4.75. The first kappa shape index (κ1) is 27.4. The Kier molecular flexibility index (Phi) is 7.59. The topological polar surface area (TPSA) is 56.8 Å². The third-order valence-electron chi connectivity index (χ3n) is 7.03. The summed E-state index contributed by atoms with van der Waals surface area (Å²) >= 11 is 2.55. The first-order chi connectivity index (χ1) is 20.5. The second kappa shape index (κ2) is 11.6. The van der Waals surface area contributed by atoms with E-state index in [1.54, 1.807) is 0 Å². The number of halogens is 1. The molecular formula is C36H23FN2OS2. The number of nitrogens with zero attached hydrogens (tertiary/aromatic N) is 2. The van der Waals surface area contributed by atoms with Crippen LogP contribution >= 0.6 is 23.5 Å². The Labute approximate surface area is 252 Å². The van der Waals surface area contributed by atoms with Crippen molar-refractivity contribution in [2.24, 2.45) is 0 Å². The van der Waals surface area contributed by atoms with Crippen LogP contribution in [0.3, 0.4) is 0 Å². The third kappa shape index (κ3) is 5.19. The number of aryl methyl sites for hydroxylation is 2. The highest BCUT2D eigenvalue weighted by Gasteiger charge is 2.28. The quantitative estimate of drug-likeness (QED) is 0.195. The fourth-order valence-electron chi connectivity index (χ4n) is 4.91. The van der Waals surface area contributed by atoms with Gasteiger partial charge in [-0.05, 0) is 70.8 Å². The number of ether oxygens (including phenoxy) is 1. The van der Waals surface area contributed by atoms with Gasteiger partial charge in [-0.3, -0.25) is 0 Å². The predicted octanol–water partition coefficient (Wildman–Crippen LogP) is 10.6. The highest BCUT2D eigenvalue weighted by Crippen LogP contribution is 2.50. The van der Waals surface area contributed by atoms with E-state index >= 15 is 4.39 Å². The summed E-state index contributed by atoms with van der Waals surface area (Å²) in [4.78, 5) is 2.34. The van der Waals surface area contributed by atoms with Crippen molar-refractivity contribution in [1.82, 2.24) is 0 Å². The van der Waals surface area contributed by atoms with E-state index in [1.807, 2.05) is 123 Å². The molecule has 0 heterocycles. The zero-order valence-electron chi connectivity index (χ0n) is 22.8. The van der Waals surface area contributed by atoms with E-state index in [0.29, 0.717) is 10.6 Å². The first-order valence-corrected chi connectivity index (χ1v) is 14.9. The molecule has 0 atom stereocenters. The molecule has 42 heavy (non-hydrogen) atoms. The van der Waals surface area contributed by atoms with Crippen LogP contribution in [0.5, 0.6) is 11.5 Å². The van der Waals surface area contributed by atoms with E-state index < -0.39 is 5.82 Å². The van der Waals surface area contributed by atoms with Gasteiger partial charge in [-0.2, -0.15) is 10.5 Å². The SMILES string of the molecule is Cc1cccc(C)c1Oc1c(C#N)c(C#N)c(F)c(Sc2ccc3ccccc3c2)c1Sc1ccc2ccccc2c1. The summed E-state index contributed by atoms with van der Waals surface area (Å²) in [6, 6.07) is 37.7. The van der Waals surface area contributed by atoms with Crippen molar-refractivity contribution in [2.75, 3.05) is 0 Å². The minimum atomic E-state index is -0.732. The number of nitriles is 2. The van der Waals surface area contributed by atoms with Crippen molar-refractivity contribution in [3.63, 3.8) is 0 Å². The fourth-order valence-corrected chi connectivity index (χ4v) is 7.07. The van der Waals surface area contributed by atoms with Gasteiger partial charge in [-0.25, -0.2) is 4.39 Å². The summed E-state index contributed by atoms with van der Waals surface area (Å²) in [5, 5.41) is 24.5. The summed E-state index contributed by atoms with van der Waals surface area (Å²) in [6.07, 6.45) is 0. The van der Waals surface area contributed by atoms with Gasteiger partial charge in [0.2, 0.25) is 0 Å². The number of hydrogen-bond acceptors (Lipinski definition) is 5. The Balaban J connectivity index is 1.59. The minimum absolute atomic E-state index is 0.121. The Morgan fingerprint density at radius 2 is 1.07 bits per heavy atom. The molecule has 0 aromatic heterocycles. The van der Waals surface area contributed by atoms with E-state index in [0.717, 1.165) is 42.5 Å². The highest BCUT2D eigenvalue weighted by atomic mass is 32.2. The molecule has 0 aliphatic rings. The van der Waals surface area contributed by atoms with Crippen LogP contribution in [0, 0.1) is 42.3 Å². The normalized spacial score (nSPS) is 10.9. The first-order valence-electron chi connectivity index (χ1n) is 13.2. The van der Waals surface area contributed by atoms with Gasteiger partial charge in [0.1, 0.15) is 29.0 Å². The van der Waals surface area contributed by atoms with Crippen LogP contribution in [0.4, 0.5) is 4.39 Å². The molecule has 0 N–H and O–H groups in total. The number of benzene rings is 6. The summed E-state index contributed by atoms with van der Waals surface area (Å²) < 4.78 is 22.9. The molecule has 0 radical (unpaired) electrons. The largest absolute Gasteiger partial charge is 0.454 e. The Morgan fingerprint density at radius 1 is 0.571 bits per heavy atom. The summed E-state index contributed by atoms with van der Waals surface area (Å²) in [5.41, 5.74) is 1.29. The van der Waals surface area contributed by atoms with Crippen LogP contribution in [-0.4, -0.2) is 0 Å².